The molecule has 0 saturated heterocycles. The summed E-state index contributed by atoms with van der Waals surface area (Å²) in [7, 11) is -16.5. The second-order valence-electron chi connectivity index (χ2n) is 5.95. The predicted molar refractivity (Wildman–Crippen MR) is 96.0 cm³/mol. The highest BCUT2D eigenvalue weighted by molar-refractivity contribution is 7.92. The Kier molecular flexibility index (Phi) is 7.91. The molecule has 162 valence electrons. The number of hydrogen-bond acceptors (Lipinski definition) is 8. The Bertz CT molecular complexity index is 990. The van der Waals surface area contributed by atoms with Crippen LogP contribution in [0.5, 0.6) is 0 Å². The van der Waals surface area contributed by atoms with Crippen LogP contribution in [0.2, 0.25) is 0 Å². The van der Waals surface area contributed by atoms with Crippen molar-refractivity contribution in [3.8, 4) is 0 Å². The van der Waals surface area contributed by atoms with E-state index in [-0.39, 0.29) is 18.9 Å². The largest absolute Gasteiger partial charge is 0.368 e. The van der Waals surface area contributed by atoms with Crippen LogP contribution in [0.1, 0.15) is 45.4 Å². The highest BCUT2D eigenvalue weighted by Gasteiger charge is 2.46. The van der Waals surface area contributed by atoms with Crippen LogP contribution >= 0.6 is 0 Å². The van der Waals surface area contributed by atoms with Crippen LogP contribution < -0.4 is 0 Å². The van der Waals surface area contributed by atoms with E-state index >= 15 is 0 Å². The number of ketones is 1. The van der Waals surface area contributed by atoms with Crippen LogP contribution in [-0.4, -0.2) is 60.3 Å². The Morgan fingerprint density at radius 1 is 0.964 bits per heavy atom. The molecule has 1 unspecified atom stereocenters. The average Bonchev–Trinajstić information content (AvgIpc) is 2.50. The first-order valence-electron chi connectivity index (χ1n) is 8.01. The first kappa shape index (κ1) is 24.7. The summed E-state index contributed by atoms with van der Waals surface area (Å²) in [6, 6.07) is 0. The van der Waals surface area contributed by atoms with Crippen molar-refractivity contribution >= 4 is 36.3 Å². The lowest BCUT2D eigenvalue weighted by Crippen LogP contribution is -2.46. The zero-order valence-electron chi connectivity index (χ0n) is 14.7. The first-order chi connectivity index (χ1) is 12.6. The molecular formula is C13H21NO11S3. The molecule has 1 aliphatic heterocycles. The molecule has 0 fully saturated rings. The number of rotatable bonds is 10. The predicted octanol–water partition coefficient (Wildman–Crippen LogP) is 0.224. The maximum absolute atomic E-state index is 12.4. The van der Waals surface area contributed by atoms with Gasteiger partial charge in [0.1, 0.15) is 4.91 Å². The molecule has 28 heavy (non-hydrogen) atoms. The van der Waals surface area contributed by atoms with E-state index in [4.69, 9.17) is 4.55 Å². The van der Waals surface area contributed by atoms with Crippen LogP contribution in [0.3, 0.4) is 0 Å². The van der Waals surface area contributed by atoms with Gasteiger partial charge in [0.25, 0.3) is 10.1 Å². The highest BCUT2D eigenvalue weighted by atomic mass is 32.2. The van der Waals surface area contributed by atoms with Crippen molar-refractivity contribution in [3.05, 3.63) is 21.6 Å². The third-order valence-corrected chi connectivity index (χ3v) is 6.64. The number of unbranched alkanes of at least 4 members (excludes halogenated alkanes) is 4. The summed E-state index contributed by atoms with van der Waals surface area (Å²) in [5, 5.41) is 8.37. The van der Waals surface area contributed by atoms with E-state index in [1.54, 1.807) is 0 Å². The van der Waals surface area contributed by atoms with Crippen molar-refractivity contribution in [1.29, 1.82) is 0 Å². The van der Waals surface area contributed by atoms with Gasteiger partial charge in [-0.05, 0) is 12.5 Å². The molecule has 1 heterocycles. The highest BCUT2D eigenvalue weighted by Crippen LogP contribution is 2.33. The summed E-state index contributed by atoms with van der Waals surface area (Å²) >= 11 is 0. The molecule has 0 aromatic heterocycles. The fraction of sp³-hybridized carbons (Fsp3) is 0.615. The van der Waals surface area contributed by atoms with E-state index in [1.807, 2.05) is 6.92 Å². The van der Waals surface area contributed by atoms with Gasteiger partial charge in [0, 0.05) is 12.0 Å². The number of aliphatic hydroxyl groups excluding tert-OH is 1. The van der Waals surface area contributed by atoms with Gasteiger partial charge in [-0.15, -0.1) is 0 Å². The van der Waals surface area contributed by atoms with Crippen LogP contribution in [0.15, 0.2) is 21.6 Å². The summed E-state index contributed by atoms with van der Waals surface area (Å²) in [5.74, 6) is -1.01. The van der Waals surface area contributed by atoms with Crippen LogP contribution in [-0.2, 0) is 35.3 Å². The molecule has 4 N–H and O–H groups in total. The van der Waals surface area contributed by atoms with E-state index in [9.17, 15) is 44.3 Å². The molecule has 0 aromatic carbocycles. The Balaban J connectivity index is 3.51. The van der Waals surface area contributed by atoms with Crippen molar-refractivity contribution in [1.82, 2.24) is 4.31 Å². The quantitative estimate of drug-likeness (QED) is 0.255. The topological polar surface area (TPSA) is 204 Å². The summed E-state index contributed by atoms with van der Waals surface area (Å²) < 4.78 is 95.8. The van der Waals surface area contributed by atoms with Crippen LogP contribution in [0, 0.1) is 0 Å². The lowest BCUT2D eigenvalue weighted by atomic mass is 10.0. The van der Waals surface area contributed by atoms with Gasteiger partial charge >= 0.3 is 20.4 Å². The average molecular weight is 464 g/mol. The fourth-order valence-electron chi connectivity index (χ4n) is 2.57. The first-order valence-corrected chi connectivity index (χ1v) is 12.3. The Labute approximate surface area is 162 Å². The van der Waals surface area contributed by atoms with Gasteiger partial charge in [-0.3, -0.25) is 18.5 Å². The fourth-order valence-corrected chi connectivity index (χ4v) is 5.25. The molecule has 0 aromatic rings. The second-order valence-corrected chi connectivity index (χ2v) is 9.99. The molecular weight excluding hydrogens is 442 g/mol. The minimum atomic E-state index is -5.62. The van der Waals surface area contributed by atoms with Crippen molar-refractivity contribution in [2.75, 3.05) is 0 Å². The number of carbonyl (C=O) groups is 1. The number of aliphatic hydroxyl groups is 1. The molecule has 0 amide bonds. The molecule has 0 saturated carbocycles. The van der Waals surface area contributed by atoms with Gasteiger partial charge in [0.15, 0.2) is 17.0 Å². The molecule has 1 rings (SSSR count). The smallest absolute Gasteiger partial charge is 0.363 e. The van der Waals surface area contributed by atoms with Crippen molar-refractivity contribution < 1.29 is 48.8 Å². The van der Waals surface area contributed by atoms with Crippen molar-refractivity contribution in [2.45, 2.75) is 51.7 Å². The van der Waals surface area contributed by atoms with Gasteiger partial charge < -0.3 is 5.11 Å². The SMILES string of the molecule is CCCCCCCC(=O)C1=C(S(=O)(=O)O)C(O)N(S(=O)(=O)O)C(S(=O)(=O)O)=C1. The van der Waals surface area contributed by atoms with Gasteiger partial charge in [-0.25, -0.2) is 4.31 Å². The zero-order chi connectivity index (χ0) is 21.9. The second kappa shape index (κ2) is 8.98. The molecule has 1 aliphatic rings. The summed E-state index contributed by atoms with van der Waals surface area (Å²) in [5.41, 5.74) is -1.02. The molecule has 0 bridgehead atoms. The van der Waals surface area contributed by atoms with Gasteiger partial charge in [0.2, 0.25) is 0 Å². The third-order valence-electron chi connectivity index (χ3n) is 3.81. The molecule has 0 radical (unpaired) electrons. The van der Waals surface area contributed by atoms with Crippen LogP contribution in [0.25, 0.3) is 0 Å². The van der Waals surface area contributed by atoms with E-state index in [0.717, 1.165) is 19.3 Å². The number of carbonyl (C=O) groups excluding carboxylic acids is 1. The normalized spacial score (nSPS) is 19.0. The Morgan fingerprint density at radius 2 is 1.50 bits per heavy atom. The van der Waals surface area contributed by atoms with E-state index in [2.05, 4.69) is 0 Å². The monoisotopic (exact) mass is 463 g/mol. The molecule has 0 spiro atoms. The Hall–Kier alpha value is -1.36. The number of nitrogens with zero attached hydrogens (tertiary/aromatic N) is 1. The van der Waals surface area contributed by atoms with Gasteiger partial charge in [-0.2, -0.15) is 25.3 Å². The van der Waals surface area contributed by atoms with Crippen LogP contribution in [0.4, 0.5) is 0 Å². The number of allylic oxidation sites excluding steroid dienone is 2. The molecule has 0 aliphatic carbocycles. The molecule has 1 atom stereocenters. The van der Waals surface area contributed by atoms with E-state index in [0.29, 0.717) is 6.42 Å². The lowest BCUT2D eigenvalue weighted by molar-refractivity contribution is -0.115. The number of hydrogen-bond donors (Lipinski definition) is 4. The summed E-state index contributed by atoms with van der Waals surface area (Å²) in [6.07, 6.45) is 0.313. The maximum Gasteiger partial charge on any atom is 0.363 e. The minimum absolute atomic E-state index is 0.160. The molecule has 15 heteroatoms. The van der Waals surface area contributed by atoms with Gasteiger partial charge in [0.05, 0.1) is 0 Å². The van der Waals surface area contributed by atoms with Crippen molar-refractivity contribution in [3.63, 3.8) is 0 Å². The summed E-state index contributed by atoms with van der Waals surface area (Å²) in [4.78, 5) is 10.8. The molecule has 12 nitrogen and oxygen atoms in total. The number of Topliss-reactive ketones (excluding diaryl/α,β-unsaturated/α-hetero) is 1. The standard InChI is InChI=1S/C13H21NO11S3/c1-2-3-4-5-6-7-10(15)9-8-11(26(17,18)19)14(28(23,24)25)13(16)12(9)27(20,21)22/h8,13,16H,2-7H2,1H3,(H,17,18,19)(H,20,21,22)(H,23,24,25). The van der Waals surface area contributed by atoms with E-state index in [1.165, 1.54) is 0 Å². The minimum Gasteiger partial charge on any atom is -0.368 e. The lowest BCUT2D eigenvalue weighted by Gasteiger charge is -2.31. The Morgan fingerprint density at radius 3 is 1.93 bits per heavy atom. The van der Waals surface area contributed by atoms with Gasteiger partial charge in [-0.1, -0.05) is 32.6 Å². The summed E-state index contributed by atoms with van der Waals surface area (Å²) in [6.45, 7) is 1.96. The zero-order valence-corrected chi connectivity index (χ0v) is 17.2. The van der Waals surface area contributed by atoms with Crippen molar-refractivity contribution in [2.24, 2.45) is 0 Å². The van der Waals surface area contributed by atoms with E-state index < -0.39 is 62.4 Å². The third kappa shape index (κ3) is 6.07. The maximum atomic E-state index is 12.4.